The van der Waals surface area contributed by atoms with E-state index in [0.717, 1.165) is 78.7 Å². The van der Waals surface area contributed by atoms with Crippen LogP contribution in [0.25, 0.3) is 21.2 Å². The van der Waals surface area contributed by atoms with E-state index in [4.69, 9.17) is 11.6 Å². The summed E-state index contributed by atoms with van der Waals surface area (Å²) in [4.78, 5) is 20.4. The first-order valence-electron chi connectivity index (χ1n) is 13.3. The van der Waals surface area contributed by atoms with Gasteiger partial charge in [-0.3, -0.25) is 9.78 Å². The summed E-state index contributed by atoms with van der Waals surface area (Å²) in [5, 5.41) is -0.0101. The number of hydrogen-bond donors (Lipinski definition) is 0. The van der Waals surface area contributed by atoms with E-state index in [1.165, 1.54) is 5.56 Å². The molecule has 0 atom stereocenters. The molecule has 1 aliphatic carbocycles. The molecule has 5 rings (SSSR count). The molecule has 198 valence electrons. The van der Waals surface area contributed by atoms with Crippen molar-refractivity contribution in [3.63, 3.8) is 0 Å². The van der Waals surface area contributed by atoms with E-state index in [1.54, 1.807) is 12.4 Å². The molecule has 0 N–H and O–H groups in total. The van der Waals surface area contributed by atoms with Crippen LogP contribution in [-0.4, -0.2) is 21.8 Å². The topological polar surface area (TPSA) is 33.2 Å². The average Bonchev–Trinajstić information content (AvgIpc) is 3.32. The SMILES string of the molecule is CCc1ccc(-c2ccncc2)cc1CN(C(=O)c1sc2c(F)ccc(F)c2c1Cl)[C@H]1CC[C@H](CC)CC1. The number of hydrogen-bond acceptors (Lipinski definition) is 3. The molecule has 0 saturated heterocycles. The van der Waals surface area contributed by atoms with Crippen LogP contribution in [0.1, 0.15) is 66.8 Å². The molecule has 38 heavy (non-hydrogen) atoms. The lowest BCUT2D eigenvalue weighted by Crippen LogP contribution is -2.42. The van der Waals surface area contributed by atoms with E-state index in [0.29, 0.717) is 12.5 Å². The maximum atomic E-state index is 14.6. The zero-order valence-electron chi connectivity index (χ0n) is 21.6. The minimum absolute atomic E-state index is 0.000459. The Bertz CT molecular complexity index is 1450. The first-order valence-corrected chi connectivity index (χ1v) is 14.5. The molecule has 0 bridgehead atoms. The van der Waals surface area contributed by atoms with Gasteiger partial charge in [0, 0.05) is 25.0 Å². The number of pyridine rings is 1. The Labute approximate surface area is 231 Å². The van der Waals surface area contributed by atoms with E-state index in [9.17, 15) is 13.6 Å². The number of aryl methyl sites for hydroxylation is 1. The molecule has 0 radical (unpaired) electrons. The van der Waals surface area contributed by atoms with Crippen molar-refractivity contribution in [1.29, 1.82) is 0 Å². The van der Waals surface area contributed by atoms with Crippen molar-refractivity contribution >= 4 is 38.9 Å². The summed E-state index contributed by atoms with van der Waals surface area (Å²) in [7, 11) is 0. The minimum atomic E-state index is -0.616. The summed E-state index contributed by atoms with van der Waals surface area (Å²) in [6.45, 7) is 4.74. The van der Waals surface area contributed by atoms with Crippen LogP contribution in [0.2, 0.25) is 5.02 Å². The van der Waals surface area contributed by atoms with Gasteiger partial charge in [0.25, 0.3) is 5.91 Å². The van der Waals surface area contributed by atoms with E-state index < -0.39 is 11.6 Å². The number of benzene rings is 2. The zero-order valence-corrected chi connectivity index (χ0v) is 23.2. The molecule has 0 aliphatic heterocycles. The highest BCUT2D eigenvalue weighted by molar-refractivity contribution is 7.21. The third-order valence-corrected chi connectivity index (χ3v) is 9.59. The number of carbonyl (C=O) groups is 1. The monoisotopic (exact) mass is 552 g/mol. The number of carbonyl (C=O) groups excluding carboxylic acids is 1. The molecule has 4 aromatic rings. The summed E-state index contributed by atoms with van der Waals surface area (Å²) < 4.78 is 29.3. The molecule has 1 aliphatic rings. The Morgan fingerprint density at radius 1 is 0.974 bits per heavy atom. The number of thiophene rings is 1. The second kappa shape index (κ2) is 11.5. The van der Waals surface area contributed by atoms with Gasteiger partial charge >= 0.3 is 0 Å². The zero-order chi connectivity index (χ0) is 26.8. The largest absolute Gasteiger partial charge is 0.331 e. The van der Waals surface area contributed by atoms with Gasteiger partial charge in [0.2, 0.25) is 0 Å². The number of halogens is 3. The molecular formula is C31H31ClF2N2OS. The van der Waals surface area contributed by atoms with Crippen LogP contribution in [0.15, 0.2) is 54.9 Å². The van der Waals surface area contributed by atoms with Crippen molar-refractivity contribution in [2.45, 2.75) is 65.0 Å². The maximum Gasteiger partial charge on any atom is 0.266 e. The first kappa shape index (κ1) is 26.8. The lowest BCUT2D eigenvalue weighted by molar-refractivity contribution is 0.0592. The number of fused-ring (bicyclic) bond motifs is 1. The molecule has 2 heterocycles. The van der Waals surface area contributed by atoms with Crippen LogP contribution in [-0.2, 0) is 13.0 Å². The van der Waals surface area contributed by atoms with Crippen LogP contribution in [0, 0.1) is 17.6 Å². The van der Waals surface area contributed by atoms with Gasteiger partial charge in [-0.2, -0.15) is 0 Å². The average molecular weight is 553 g/mol. The Balaban J connectivity index is 1.56. The van der Waals surface area contributed by atoms with Crippen LogP contribution in [0.5, 0.6) is 0 Å². The summed E-state index contributed by atoms with van der Waals surface area (Å²) in [5.41, 5.74) is 4.36. The third-order valence-electron chi connectivity index (χ3n) is 7.91. The number of rotatable bonds is 7. The van der Waals surface area contributed by atoms with E-state index in [-0.39, 0.29) is 31.9 Å². The molecule has 7 heteroatoms. The summed E-state index contributed by atoms with van der Waals surface area (Å²) in [6, 6.07) is 12.5. The fourth-order valence-electron chi connectivity index (χ4n) is 5.62. The maximum absolute atomic E-state index is 14.6. The smallest absolute Gasteiger partial charge is 0.266 e. The van der Waals surface area contributed by atoms with Crippen LogP contribution in [0.3, 0.4) is 0 Å². The predicted molar refractivity (Wildman–Crippen MR) is 152 cm³/mol. The summed E-state index contributed by atoms with van der Waals surface area (Å²) in [6.07, 6.45) is 9.44. The van der Waals surface area contributed by atoms with Crippen molar-refractivity contribution < 1.29 is 13.6 Å². The van der Waals surface area contributed by atoms with Crippen molar-refractivity contribution in [2.24, 2.45) is 5.92 Å². The van der Waals surface area contributed by atoms with Gasteiger partial charge < -0.3 is 4.90 Å². The highest BCUT2D eigenvalue weighted by Crippen LogP contribution is 2.41. The Hall–Kier alpha value is -2.83. The second-order valence-corrected chi connectivity index (χ2v) is 11.5. The van der Waals surface area contributed by atoms with Crippen molar-refractivity contribution in [3.8, 4) is 11.1 Å². The van der Waals surface area contributed by atoms with Gasteiger partial charge in [-0.15, -0.1) is 11.3 Å². The fraction of sp³-hybridized carbons (Fsp3) is 0.355. The van der Waals surface area contributed by atoms with Crippen molar-refractivity contribution in [1.82, 2.24) is 9.88 Å². The molecular weight excluding hydrogens is 522 g/mol. The Morgan fingerprint density at radius 2 is 1.68 bits per heavy atom. The Kier molecular flexibility index (Phi) is 8.10. The van der Waals surface area contributed by atoms with E-state index >= 15 is 0 Å². The van der Waals surface area contributed by atoms with Gasteiger partial charge in [0.05, 0.1) is 15.1 Å². The van der Waals surface area contributed by atoms with Crippen molar-refractivity contribution in [2.75, 3.05) is 0 Å². The quantitative estimate of drug-likeness (QED) is 0.229. The van der Waals surface area contributed by atoms with Crippen molar-refractivity contribution in [3.05, 3.63) is 87.5 Å². The lowest BCUT2D eigenvalue weighted by atomic mass is 9.83. The highest BCUT2D eigenvalue weighted by atomic mass is 35.5. The number of aromatic nitrogens is 1. The number of amides is 1. The highest BCUT2D eigenvalue weighted by Gasteiger charge is 2.32. The van der Waals surface area contributed by atoms with Gasteiger partial charge in [-0.25, -0.2) is 8.78 Å². The summed E-state index contributed by atoms with van der Waals surface area (Å²) in [5.74, 6) is -0.775. The number of nitrogens with zero attached hydrogens (tertiary/aromatic N) is 2. The predicted octanol–water partition coefficient (Wildman–Crippen LogP) is 9.07. The standard InChI is InChI=1S/C31H31ClF2N2OS/c1-3-19-5-9-24(10-6-19)36(31(37)30-28(32)27-25(33)11-12-26(34)29(27)38-30)18-23-17-22(8-7-20(23)4-2)21-13-15-35-16-14-21/h7-8,11-17,19,24H,3-6,9-10,18H2,1-2H3/t19-,24-. The van der Waals surface area contributed by atoms with Gasteiger partial charge in [-0.05, 0) is 90.6 Å². The van der Waals surface area contributed by atoms with E-state index in [2.05, 4.69) is 37.0 Å². The summed E-state index contributed by atoms with van der Waals surface area (Å²) >= 11 is 7.52. The van der Waals surface area contributed by atoms with Gasteiger partial charge in [-0.1, -0.05) is 44.0 Å². The first-order chi connectivity index (χ1) is 18.4. The minimum Gasteiger partial charge on any atom is -0.331 e. The second-order valence-electron chi connectivity index (χ2n) is 10.1. The lowest BCUT2D eigenvalue weighted by Gasteiger charge is -2.37. The van der Waals surface area contributed by atoms with Gasteiger partial charge in [0.15, 0.2) is 0 Å². The Morgan fingerprint density at radius 3 is 2.34 bits per heavy atom. The molecule has 1 saturated carbocycles. The third kappa shape index (κ3) is 5.21. The molecule has 1 amide bonds. The molecule has 3 nitrogen and oxygen atoms in total. The molecule has 2 aromatic carbocycles. The van der Waals surface area contributed by atoms with Crippen LogP contribution < -0.4 is 0 Å². The van der Waals surface area contributed by atoms with Crippen LogP contribution in [0.4, 0.5) is 8.78 Å². The van der Waals surface area contributed by atoms with Crippen LogP contribution >= 0.6 is 22.9 Å². The molecule has 0 spiro atoms. The van der Waals surface area contributed by atoms with Gasteiger partial charge in [0.1, 0.15) is 16.5 Å². The van der Waals surface area contributed by atoms with E-state index in [1.807, 2.05) is 17.0 Å². The molecule has 2 aromatic heterocycles. The molecule has 0 unspecified atom stereocenters. The normalized spacial score (nSPS) is 17.6. The molecule has 1 fully saturated rings. The fourth-order valence-corrected chi connectivity index (χ4v) is 7.13.